The highest BCUT2D eigenvalue weighted by Crippen LogP contribution is 2.35. The van der Waals surface area contributed by atoms with E-state index in [2.05, 4.69) is 62.4 Å². The Kier molecular flexibility index (Phi) is 7.00. The number of fused-ring (bicyclic) bond motifs is 1. The molecule has 158 valence electrons. The molecule has 29 heavy (non-hydrogen) atoms. The molecule has 0 radical (unpaired) electrons. The summed E-state index contributed by atoms with van der Waals surface area (Å²) in [4.78, 5) is 10.7. The number of benzene rings is 1. The van der Waals surface area contributed by atoms with Gasteiger partial charge in [0, 0.05) is 29.8 Å². The molecule has 0 fully saturated rings. The Morgan fingerprint density at radius 3 is 2.62 bits per heavy atom. The van der Waals surface area contributed by atoms with Crippen molar-refractivity contribution >= 4 is 17.3 Å². The second kappa shape index (κ2) is 9.48. The maximum Gasteiger partial charge on any atom is 0.191 e. The highest BCUT2D eigenvalue weighted by atomic mass is 32.1. The minimum atomic E-state index is -0.123. The number of guanidine groups is 1. The average Bonchev–Trinajstić information content (AvgIpc) is 3.03. The van der Waals surface area contributed by atoms with Gasteiger partial charge in [0.05, 0.1) is 17.2 Å². The van der Waals surface area contributed by atoms with Crippen molar-refractivity contribution in [2.75, 3.05) is 32.8 Å². The third-order valence-electron chi connectivity index (χ3n) is 5.00. The number of rotatable bonds is 7. The molecule has 1 aliphatic heterocycles. The highest BCUT2D eigenvalue weighted by Gasteiger charge is 2.23. The monoisotopic (exact) mass is 416 g/mol. The zero-order valence-electron chi connectivity index (χ0n) is 18.1. The van der Waals surface area contributed by atoms with Gasteiger partial charge in [0.2, 0.25) is 0 Å². The van der Waals surface area contributed by atoms with E-state index in [0.717, 1.165) is 42.7 Å². The fourth-order valence-corrected chi connectivity index (χ4v) is 4.04. The first-order valence-corrected chi connectivity index (χ1v) is 11.1. The topological polar surface area (TPSA) is 67.8 Å². The molecule has 0 aliphatic carbocycles. The number of hydrogen-bond donors (Lipinski definition) is 2. The Balaban J connectivity index is 1.61. The molecular formula is C22H32N4O2S. The fraction of sp³-hybridized carbons (Fsp3) is 0.545. The number of thiazole rings is 1. The van der Waals surface area contributed by atoms with Crippen LogP contribution in [0.3, 0.4) is 0 Å². The molecule has 0 saturated heterocycles. The van der Waals surface area contributed by atoms with Gasteiger partial charge in [0.25, 0.3) is 0 Å². The molecule has 3 rings (SSSR count). The first-order chi connectivity index (χ1) is 13.9. The smallest absolute Gasteiger partial charge is 0.191 e. The van der Waals surface area contributed by atoms with Crippen LogP contribution in [0.5, 0.6) is 11.5 Å². The molecule has 0 saturated carbocycles. The van der Waals surface area contributed by atoms with Crippen molar-refractivity contribution in [3.63, 3.8) is 0 Å². The van der Waals surface area contributed by atoms with E-state index in [1.807, 2.05) is 6.07 Å². The number of nitrogens with one attached hydrogen (secondary N) is 2. The zero-order valence-corrected chi connectivity index (χ0v) is 18.9. The highest BCUT2D eigenvalue weighted by molar-refractivity contribution is 7.11. The van der Waals surface area contributed by atoms with Crippen LogP contribution in [0.1, 0.15) is 41.9 Å². The van der Waals surface area contributed by atoms with Gasteiger partial charge in [-0.25, -0.2) is 4.98 Å². The van der Waals surface area contributed by atoms with Gasteiger partial charge in [-0.05, 0) is 38.5 Å². The lowest BCUT2D eigenvalue weighted by atomic mass is 9.84. The van der Waals surface area contributed by atoms with E-state index in [1.165, 1.54) is 15.4 Å². The number of nitrogens with zero attached hydrogens (tertiary/aromatic N) is 2. The van der Waals surface area contributed by atoms with Crippen molar-refractivity contribution in [2.45, 2.75) is 46.5 Å². The summed E-state index contributed by atoms with van der Waals surface area (Å²) < 4.78 is 11.4. The van der Waals surface area contributed by atoms with E-state index in [4.69, 9.17) is 14.5 Å². The van der Waals surface area contributed by atoms with Gasteiger partial charge in [-0.15, -0.1) is 11.3 Å². The number of aryl methyl sites for hydroxylation is 2. The fourth-order valence-electron chi connectivity index (χ4n) is 3.11. The van der Waals surface area contributed by atoms with Crippen LogP contribution in [0.15, 0.2) is 23.2 Å². The van der Waals surface area contributed by atoms with Crippen LogP contribution in [-0.4, -0.2) is 43.8 Å². The summed E-state index contributed by atoms with van der Waals surface area (Å²) in [5.74, 6) is 2.48. The van der Waals surface area contributed by atoms with Crippen molar-refractivity contribution in [1.29, 1.82) is 0 Å². The summed E-state index contributed by atoms with van der Waals surface area (Å²) in [5.41, 5.74) is 2.20. The predicted molar refractivity (Wildman–Crippen MR) is 120 cm³/mol. The summed E-state index contributed by atoms with van der Waals surface area (Å²) >= 11 is 1.77. The standard InChI is InChI=1S/C22H32N4O2S/c1-6-23-21(24-10-9-20-26-15(2)16(3)29-20)25-14-22(4,5)17-7-8-18-19(13-17)28-12-11-27-18/h7-8,13H,6,9-12,14H2,1-5H3,(H2,23,24,25). The molecule has 1 aliphatic rings. The Labute approximate surface area is 177 Å². The Morgan fingerprint density at radius 2 is 1.93 bits per heavy atom. The maximum atomic E-state index is 5.74. The second-order valence-electron chi connectivity index (χ2n) is 7.86. The van der Waals surface area contributed by atoms with Gasteiger partial charge in [0.15, 0.2) is 17.5 Å². The molecule has 2 heterocycles. The van der Waals surface area contributed by atoms with Crippen LogP contribution < -0.4 is 20.1 Å². The van der Waals surface area contributed by atoms with Crippen LogP contribution in [0.25, 0.3) is 0 Å². The number of ether oxygens (including phenoxy) is 2. The van der Waals surface area contributed by atoms with Gasteiger partial charge in [0.1, 0.15) is 13.2 Å². The molecule has 1 aromatic carbocycles. The van der Waals surface area contributed by atoms with E-state index >= 15 is 0 Å². The lowest BCUT2D eigenvalue weighted by molar-refractivity contribution is 0.171. The van der Waals surface area contributed by atoms with Gasteiger partial charge >= 0.3 is 0 Å². The number of hydrogen-bond acceptors (Lipinski definition) is 5. The van der Waals surface area contributed by atoms with Crippen molar-refractivity contribution in [3.05, 3.63) is 39.3 Å². The third kappa shape index (κ3) is 5.63. The maximum absolute atomic E-state index is 5.74. The predicted octanol–water partition coefficient (Wildman–Crippen LogP) is 3.61. The molecule has 2 aromatic rings. The first-order valence-electron chi connectivity index (χ1n) is 10.2. The molecule has 0 amide bonds. The van der Waals surface area contributed by atoms with Gasteiger partial charge < -0.3 is 20.1 Å². The van der Waals surface area contributed by atoms with E-state index in [-0.39, 0.29) is 5.41 Å². The molecule has 0 unspecified atom stereocenters. The van der Waals surface area contributed by atoms with Crippen molar-refractivity contribution < 1.29 is 9.47 Å². The molecule has 6 nitrogen and oxygen atoms in total. The van der Waals surface area contributed by atoms with E-state index in [0.29, 0.717) is 19.8 Å². The van der Waals surface area contributed by atoms with Crippen LogP contribution in [0, 0.1) is 13.8 Å². The number of aliphatic imine (C=N–C) groups is 1. The Morgan fingerprint density at radius 1 is 1.17 bits per heavy atom. The molecule has 0 bridgehead atoms. The van der Waals surface area contributed by atoms with Crippen molar-refractivity contribution in [3.8, 4) is 11.5 Å². The van der Waals surface area contributed by atoms with Gasteiger partial charge in [-0.1, -0.05) is 19.9 Å². The van der Waals surface area contributed by atoms with Crippen molar-refractivity contribution in [2.24, 2.45) is 4.99 Å². The molecule has 0 atom stereocenters. The third-order valence-corrected chi connectivity index (χ3v) is 6.14. The lowest BCUT2D eigenvalue weighted by Gasteiger charge is -2.26. The zero-order chi connectivity index (χ0) is 20.9. The molecular weight excluding hydrogens is 384 g/mol. The van der Waals surface area contributed by atoms with Crippen LogP contribution in [0.2, 0.25) is 0 Å². The largest absolute Gasteiger partial charge is 0.486 e. The summed E-state index contributed by atoms with van der Waals surface area (Å²) in [7, 11) is 0. The summed E-state index contributed by atoms with van der Waals surface area (Å²) in [6, 6.07) is 6.19. The van der Waals surface area contributed by atoms with Crippen LogP contribution in [-0.2, 0) is 11.8 Å². The summed E-state index contributed by atoms with van der Waals surface area (Å²) in [6.07, 6.45) is 0.898. The quantitative estimate of drug-likeness (QED) is 0.533. The molecule has 1 aromatic heterocycles. The van der Waals surface area contributed by atoms with Crippen LogP contribution in [0.4, 0.5) is 0 Å². The molecule has 7 heteroatoms. The molecule has 0 spiro atoms. The summed E-state index contributed by atoms with van der Waals surface area (Å²) in [6.45, 7) is 14.2. The van der Waals surface area contributed by atoms with Crippen molar-refractivity contribution in [1.82, 2.24) is 15.6 Å². The minimum absolute atomic E-state index is 0.123. The second-order valence-corrected chi connectivity index (χ2v) is 9.15. The minimum Gasteiger partial charge on any atom is -0.486 e. The molecule has 2 N–H and O–H groups in total. The Bertz CT molecular complexity index is 841. The average molecular weight is 417 g/mol. The van der Waals surface area contributed by atoms with Crippen LogP contribution >= 0.6 is 11.3 Å². The van der Waals surface area contributed by atoms with E-state index in [9.17, 15) is 0 Å². The van der Waals surface area contributed by atoms with E-state index < -0.39 is 0 Å². The lowest BCUT2D eigenvalue weighted by Crippen LogP contribution is -2.39. The Hall–Kier alpha value is -2.28. The van der Waals surface area contributed by atoms with Gasteiger partial charge in [-0.2, -0.15) is 0 Å². The SMILES string of the molecule is CCNC(=NCC(C)(C)c1ccc2c(c1)OCCO2)NCCc1nc(C)c(C)s1. The number of aromatic nitrogens is 1. The first kappa shape index (κ1) is 21.4. The summed E-state index contributed by atoms with van der Waals surface area (Å²) in [5, 5.41) is 7.94. The normalized spacial score (nSPS) is 14.0. The van der Waals surface area contributed by atoms with E-state index in [1.54, 1.807) is 11.3 Å². The van der Waals surface area contributed by atoms with Gasteiger partial charge in [-0.3, -0.25) is 4.99 Å².